The lowest BCUT2D eigenvalue weighted by molar-refractivity contribution is 0.100. The second kappa shape index (κ2) is 5.91. The van der Waals surface area contributed by atoms with E-state index < -0.39 is 23.4 Å². The van der Waals surface area contributed by atoms with Crippen LogP contribution < -0.4 is 5.73 Å². The summed E-state index contributed by atoms with van der Waals surface area (Å²) in [6.45, 7) is -0.0186. The number of benzene rings is 3. The van der Waals surface area contributed by atoms with Crippen LogP contribution in [0.15, 0.2) is 54.6 Å². The first-order chi connectivity index (χ1) is 12.5. The maximum atomic E-state index is 14.1. The van der Waals surface area contributed by atoms with Crippen LogP contribution in [0.25, 0.3) is 21.8 Å². The van der Waals surface area contributed by atoms with Gasteiger partial charge in [0.05, 0.1) is 17.6 Å². The van der Waals surface area contributed by atoms with Gasteiger partial charge in [-0.25, -0.2) is 13.2 Å². The third-order valence-corrected chi connectivity index (χ3v) is 4.48. The van der Waals surface area contributed by atoms with Gasteiger partial charge < -0.3 is 10.3 Å². The number of nitrogens with zero attached hydrogens (tertiary/aromatic N) is 1. The molecule has 130 valence electrons. The van der Waals surface area contributed by atoms with E-state index in [0.717, 1.165) is 6.07 Å². The first-order valence-electron chi connectivity index (χ1n) is 7.90. The number of hydrogen-bond donors (Lipinski definition) is 1. The highest BCUT2D eigenvalue weighted by molar-refractivity contribution is 6.17. The third kappa shape index (κ3) is 2.42. The Morgan fingerprint density at radius 1 is 0.962 bits per heavy atom. The Morgan fingerprint density at radius 2 is 1.73 bits per heavy atom. The van der Waals surface area contributed by atoms with E-state index >= 15 is 0 Å². The lowest BCUT2D eigenvalue weighted by Crippen LogP contribution is -2.11. The summed E-state index contributed by atoms with van der Waals surface area (Å²) in [5.41, 5.74) is 6.95. The van der Waals surface area contributed by atoms with E-state index in [2.05, 4.69) is 0 Å². The van der Waals surface area contributed by atoms with Gasteiger partial charge in [-0.3, -0.25) is 4.79 Å². The number of carbonyl (C=O) groups excluding carboxylic acids is 1. The topological polar surface area (TPSA) is 48.0 Å². The van der Waals surface area contributed by atoms with Crippen molar-refractivity contribution in [2.45, 2.75) is 6.54 Å². The number of hydrogen-bond acceptors (Lipinski definition) is 1. The normalized spacial score (nSPS) is 11.3. The van der Waals surface area contributed by atoms with Crippen molar-refractivity contribution >= 4 is 27.7 Å². The minimum atomic E-state index is -0.954. The molecular formula is C20H13F3N2O. The van der Waals surface area contributed by atoms with Crippen LogP contribution >= 0.6 is 0 Å². The fourth-order valence-corrected chi connectivity index (χ4v) is 3.33. The van der Waals surface area contributed by atoms with Crippen LogP contribution in [-0.4, -0.2) is 10.5 Å². The fourth-order valence-electron chi connectivity index (χ4n) is 3.33. The Labute approximate surface area is 146 Å². The molecule has 0 aliphatic carbocycles. The van der Waals surface area contributed by atoms with Crippen molar-refractivity contribution in [1.29, 1.82) is 0 Å². The van der Waals surface area contributed by atoms with Gasteiger partial charge in [-0.05, 0) is 36.4 Å². The van der Waals surface area contributed by atoms with E-state index in [1.807, 2.05) is 0 Å². The molecule has 0 bridgehead atoms. The van der Waals surface area contributed by atoms with Crippen molar-refractivity contribution < 1.29 is 18.0 Å². The molecule has 0 saturated carbocycles. The van der Waals surface area contributed by atoms with Crippen molar-refractivity contribution in [3.63, 3.8) is 0 Å². The van der Waals surface area contributed by atoms with E-state index in [0.29, 0.717) is 21.8 Å². The third-order valence-electron chi connectivity index (χ3n) is 4.48. The van der Waals surface area contributed by atoms with Crippen molar-refractivity contribution in [3.8, 4) is 0 Å². The summed E-state index contributed by atoms with van der Waals surface area (Å²) in [6.07, 6.45) is 0. The van der Waals surface area contributed by atoms with Gasteiger partial charge in [-0.15, -0.1) is 0 Å². The molecule has 0 aliphatic heterocycles. The Morgan fingerprint density at radius 3 is 2.50 bits per heavy atom. The SMILES string of the molecule is NC(=O)c1cccc2c1c1ccc(F)cc1n2Cc1cccc(F)c1F. The van der Waals surface area contributed by atoms with Gasteiger partial charge in [0.2, 0.25) is 5.91 Å². The molecular weight excluding hydrogens is 341 g/mol. The summed E-state index contributed by atoms with van der Waals surface area (Å²) in [5, 5.41) is 1.18. The number of rotatable bonds is 3. The quantitative estimate of drug-likeness (QED) is 0.584. The summed E-state index contributed by atoms with van der Waals surface area (Å²) in [7, 11) is 0. The van der Waals surface area contributed by atoms with Crippen LogP contribution in [0.5, 0.6) is 0 Å². The molecule has 3 nitrogen and oxygen atoms in total. The lowest BCUT2D eigenvalue weighted by Gasteiger charge is -2.09. The molecule has 0 radical (unpaired) electrons. The van der Waals surface area contributed by atoms with Crippen molar-refractivity contribution in [3.05, 3.63) is 83.2 Å². The molecule has 1 amide bonds. The van der Waals surface area contributed by atoms with Crippen LogP contribution in [0.3, 0.4) is 0 Å². The Hall–Kier alpha value is -3.28. The molecule has 1 heterocycles. The van der Waals surface area contributed by atoms with Gasteiger partial charge in [0.1, 0.15) is 5.82 Å². The second-order valence-corrected chi connectivity index (χ2v) is 6.02. The maximum absolute atomic E-state index is 14.1. The molecule has 0 unspecified atom stereocenters. The predicted octanol–water partition coefficient (Wildman–Crippen LogP) is 4.36. The van der Waals surface area contributed by atoms with Crippen LogP contribution in [0.4, 0.5) is 13.2 Å². The molecule has 6 heteroatoms. The number of aromatic nitrogens is 1. The van der Waals surface area contributed by atoms with Gasteiger partial charge >= 0.3 is 0 Å². The molecule has 0 saturated heterocycles. The molecule has 4 aromatic rings. The molecule has 0 spiro atoms. The second-order valence-electron chi connectivity index (χ2n) is 6.02. The number of fused-ring (bicyclic) bond motifs is 3. The zero-order valence-electron chi connectivity index (χ0n) is 13.5. The smallest absolute Gasteiger partial charge is 0.249 e. The highest BCUT2D eigenvalue weighted by atomic mass is 19.2. The molecule has 1 aromatic heterocycles. The molecule has 4 rings (SSSR count). The first kappa shape index (κ1) is 16.2. The van der Waals surface area contributed by atoms with Gasteiger partial charge in [0.25, 0.3) is 0 Å². The van der Waals surface area contributed by atoms with Crippen molar-refractivity contribution in [2.75, 3.05) is 0 Å². The summed E-state index contributed by atoms with van der Waals surface area (Å²) in [4.78, 5) is 11.8. The first-order valence-corrected chi connectivity index (χ1v) is 7.90. The number of nitrogens with two attached hydrogens (primary N) is 1. The monoisotopic (exact) mass is 354 g/mol. The van der Waals surface area contributed by atoms with Gasteiger partial charge in [-0.1, -0.05) is 18.2 Å². The van der Waals surface area contributed by atoms with E-state index in [1.165, 1.54) is 24.3 Å². The van der Waals surface area contributed by atoms with Gasteiger partial charge in [-0.2, -0.15) is 0 Å². The minimum Gasteiger partial charge on any atom is -0.366 e. The Kier molecular flexibility index (Phi) is 3.68. The average Bonchev–Trinajstić information content (AvgIpc) is 2.92. The molecule has 0 aliphatic rings. The highest BCUT2D eigenvalue weighted by Gasteiger charge is 2.18. The Bertz CT molecular complexity index is 1180. The van der Waals surface area contributed by atoms with Crippen LogP contribution in [-0.2, 0) is 6.54 Å². The lowest BCUT2D eigenvalue weighted by atomic mass is 10.1. The van der Waals surface area contributed by atoms with Gasteiger partial charge in [0, 0.05) is 21.9 Å². The van der Waals surface area contributed by atoms with Gasteiger partial charge in [0.15, 0.2) is 11.6 Å². The zero-order valence-corrected chi connectivity index (χ0v) is 13.5. The summed E-state index contributed by atoms with van der Waals surface area (Å²) >= 11 is 0. The van der Waals surface area contributed by atoms with Crippen LogP contribution in [0.1, 0.15) is 15.9 Å². The van der Waals surface area contributed by atoms with Crippen molar-refractivity contribution in [1.82, 2.24) is 4.57 Å². The van der Waals surface area contributed by atoms with E-state index in [9.17, 15) is 18.0 Å². The maximum Gasteiger partial charge on any atom is 0.249 e. The largest absolute Gasteiger partial charge is 0.366 e. The van der Waals surface area contributed by atoms with E-state index in [1.54, 1.807) is 28.8 Å². The fraction of sp³-hybridized carbons (Fsp3) is 0.0500. The number of primary amides is 1. The number of carbonyl (C=O) groups is 1. The molecule has 2 N–H and O–H groups in total. The number of amides is 1. The molecule has 0 fully saturated rings. The zero-order chi connectivity index (χ0) is 18.4. The average molecular weight is 354 g/mol. The standard InChI is InChI=1S/C20H13F3N2O/c21-12-7-8-13-17(9-12)25(10-11-3-1-5-15(22)19(11)23)16-6-2-4-14(18(13)16)20(24)26/h1-9H,10H2,(H2,24,26). The van der Waals surface area contributed by atoms with Crippen LogP contribution in [0, 0.1) is 17.5 Å². The summed E-state index contributed by atoms with van der Waals surface area (Å²) in [5.74, 6) is -2.99. The number of halogens is 3. The van der Waals surface area contributed by atoms with E-state index in [4.69, 9.17) is 5.73 Å². The summed E-state index contributed by atoms with van der Waals surface area (Å²) < 4.78 is 43.2. The van der Waals surface area contributed by atoms with Crippen LogP contribution in [0.2, 0.25) is 0 Å². The molecule has 3 aromatic carbocycles. The summed E-state index contributed by atoms with van der Waals surface area (Å²) in [6, 6.07) is 13.0. The highest BCUT2D eigenvalue weighted by Crippen LogP contribution is 2.33. The molecule has 26 heavy (non-hydrogen) atoms. The minimum absolute atomic E-state index is 0.0186. The molecule has 0 atom stereocenters. The van der Waals surface area contributed by atoms with E-state index in [-0.39, 0.29) is 17.7 Å². The Balaban J connectivity index is 2.07. The van der Waals surface area contributed by atoms with Crippen molar-refractivity contribution in [2.24, 2.45) is 5.73 Å². The predicted molar refractivity (Wildman–Crippen MR) is 93.4 cm³/mol.